The molecule has 96 valence electrons. The molecule has 18 heavy (non-hydrogen) atoms. The van der Waals surface area contributed by atoms with Gasteiger partial charge in [-0.05, 0) is 35.8 Å². The highest BCUT2D eigenvalue weighted by molar-refractivity contribution is 9.10. The van der Waals surface area contributed by atoms with Crippen LogP contribution >= 0.6 is 27.5 Å². The summed E-state index contributed by atoms with van der Waals surface area (Å²) in [5, 5.41) is 11.4. The number of aliphatic carboxylic acids is 1. The van der Waals surface area contributed by atoms with Gasteiger partial charge >= 0.3 is 5.97 Å². The summed E-state index contributed by atoms with van der Waals surface area (Å²) in [4.78, 5) is 26.4. The van der Waals surface area contributed by atoms with Crippen molar-refractivity contribution in [3.05, 3.63) is 33.0 Å². The number of carbonyl (C=O) groups excluding carboxylic acids is 1. The van der Waals surface area contributed by atoms with Crippen LogP contribution in [0.25, 0.3) is 0 Å². The monoisotopic (exact) mass is 332 g/mol. The minimum atomic E-state index is -1.14. The molecule has 0 saturated carbocycles. The highest BCUT2D eigenvalue weighted by Gasteiger charge is 2.14. The maximum atomic E-state index is 11.8. The Hall–Kier alpha value is -1.40. The standard InChI is InChI=1S/C11H10BrClN2O3/c1-5(6(2)11(17)18)10(16)15-8-3-7(12)4-14-9(8)13/h3-4H,1-2H3,(H,15,16)(H,17,18)/b6-5+. The Morgan fingerprint density at radius 1 is 1.39 bits per heavy atom. The van der Waals surface area contributed by atoms with Gasteiger partial charge in [0.2, 0.25) is 0 Å². The molecule has 1 amide bonds. The summed E-state index contributed by atoms with van der Waals surface area (Å²) in [5.41, 5.74) is 0.402. The number of pyridine rings is 1. The van der Waals surface area contributed by atoms with E-state index in [0.717, 1.165) is 0 Å². The van der Waals surface area contributed by atoms with Crippen molar-refractivity contribution in [3.63, 3.8) is 0 Å². The maximum absolute atomic E-state index is 11.8. The Balaban J connectivity index is 2.98. The number of nitrogens with zero attached hydrogens (tertiary/aromatic N) is 1. The zero-order valence-corrected chi connectivity index (χ0v) is 12.0. The number of halogens is 2. The second-order valence-corrected chi connectivity index (χ2v) is 4.77. The van der Waals surface area contributed by atoms with Gasteiger partial charge in [-0.25, -0.2) is 9.78 Å². The molecule has 2 N–H and O–H groups in total. The van der Waals surface area contributed by atoms with E-state index in [1.165, 1.54) is 20.0 Å². The lowest BCUT2D eigenvalue weighted by atomic mass is 10.1. The average molecular weight is 334 g/mol. The zero-order valence-electron chi connectivity index (χ0n) is 9.62. The van der Waals surface area contributed by atoms with E-state index in [2.05, 4.69) is 26.2 Å². The molecule has 1 rings (SSSR count). The number of anilines is 1. The summed E-state index contributed by atoms with van der Waals surface area (Å²) in [6.07, 6.45) is 1.49. The van der Waals surface area contributed by atoms with E-state index < -0.39 is 11.9 Å². The fourth-order valence-corrected chi connectivity index (χ4v) is 1.54. The Morgan fingerprint density at radius 3 is 2.56 bits per heavy atom. The largest absolute Gasteiger partial charge is 0.478 e. The van der Waals surface area contributed by atoms with E-state index in [-0.39, 0.29) is 16.3 Å². The molecule has 0 saturated heterocycles. The molecular weight excluding hydrogens is 323 g/mol. The molecule has 0 spiro atoms. The van der Waals surface area contributed by atoms with Gasteiger partial charge in [0, 0.05) is 21.8 Å². The first-order valence-corrected chi connectivity index (χ1v) is 6.03. The van der Waals surface area contributed by atoms with Gasteiger partial charge in [0.25, 0.3) is 5.91 Å². The molecule has 1 aromatic heterocycles. The van der Waals surface area contributed by atoms with Gasteiger partial charge < -0.3 is 10.4 Å². The van der Waals surface area contributed by atoms with Crippen LogP contribution in [0.2, 0.25) is 5.15 Å². The highest BCUT2D eigenvalue weighted by Crippen LogP contribution is 2.23. The molecule has 7 heteroatoms. The Kier molecular flexibility index (Phi) is 4.86. The lowest BCUT2D eigenvalue weighted by molar-refractivity contribution is -0.133. The molecule has 1 aromatic rings. The number of aromatic nitrogens is 1. The number of amides is 1. The second kappa shape index (κ2) is 5.97. The van der Waals surface area contributed by atoms with Crippen molar-refractivity contribution in [1.29, 1.82) is 0 Å². The van der Waals surface area contributed by atoms with Crippen molar-refractivity contribution >= 4 is 45.1 Å². The van der Waals surface area contributed by atoms with Crippen LogP contribution in [0.15, 0.2) is 27.9 Å². The Morgan fingerprint density at radius 2 is 2.00 bits per heavy atom. The fourth-order valence-electron chi connectivity index (χ4n) is 1.06. The van der Waals surface area contributed by atoms with Crippen LogP contribution < -0.4 is 5.32 Å². The lowest BCUT2D eigenvalue weighted by Gasteiger charge is -2.08. The average Bonchev–Trinajstić information content (AvgIpc) is 2.31. The Labute approximate surface area is 117 Å². The predicted molar refractivity (Wildman–Crippen MR) is 71.6 cm³/mol. The third kappa shape index (κ3) is 3.54. The molecule has 0 unspecified atom stereocenters. The summed E-state index contributed by atoms with van der Waals surface area (Å²) < 4.78 is 0.652. The molecule has 0 atom stereocenters. The number of nitrogens with one attached hydrogen (secondary N) is 1. The summed E-state index contributed by atoms with van der Waals surface area (Å²) in [7, 11) is 0. The first kappa shape index (κ1) is 14.7. The number of carboxylic acid groups (broad SMARTS) is 1. The van der Waals surface area contributed by atoms with Gasteiger partial charge in [-0.2, -0.15) is 0 Å². The highest BCUT2D eigenvalue weighted by atomic mass is 79.9. The SMILES string of the molecule is C/C(C(=O)O)=C(/C)C(=O)Nc1cc(Br)cnc1Cl. The van der Waals surface area contributed by atoms with Gasteiger partial charge in [0.15, 0.2) is 5.15 Å². The minimum Gasteiger partial charge on any atom is -0.478 e. The van der Waals surface area contributed by atoms with Gasteiger partial charge in [-0.1, -0.05) is 11.6 Å². The van der Waals surface area contributed by atoms with E-state index >= 15 is 0 Å². The van der Waals surface area contributed by atoms with E-state index in [4.69, 9.17) is 16.7 Å². The van der Waals surface area contributed by atoms with Crippen molar-refractivity contribution in [3.8, 4) is 0 Å². The smallest absolute Gasteiger partial charge is 0.331 e. The van der Waals surface area contributed by atoms with E-state index in [9.17, 15) is 9.59 Å². The number of carboxylic acids is 1. The van der Waals surface area contributed by atoms with Gasteiger partial charge in [0.1, 0.15) is 0 Å². The third-order valence-electron chi connectivity index (χ3n) is 2.28. The molecule has 0 radical (unpaired) electrons. The molecule has 5 nitrogen and oxygen atoms in total. The van der Waals surface area contributed by atoms with Gasteiger partial charge in [0.05, 0.1) is 5.69 Å². The normalized spacial score (nSPS) is 11.8. The van der Waals surface area contributed by atoms with E-state index in [0.29, 0.717) is 10.2 Å². The van der Waals surface area contributed by atoms with Crippen molar-refractivity contribution in [2.24, 2.45) is 0 Å². The first-order valence-electron chi connectivity index (χ1n) is 4.86. The lowest BCUT2D eigenvalue weighted by Crippen LogP contribution is -2.16. The summed E-state index contributed by atoms with van der Waals surface area (Å²) in [6, 6.07) is 1.58. The van der Waals surface area contributed by atoms with Crippen LogP contribution in [0.4, 0.5) is 5.69 Å². The Bertz CT molecular complexity index is 543. The van der Waals surface area contributed by atoms with Crippen molar-refractivity contribution in [2.45, 2.75) is 13.8 Å². The number of hydrogen-bond donors (Lipinski definition) is 2. The van der Waals surface area contributed by atoms with E-state index in [1.54, 1.807) is 6.07 Å². The summed E-state index contributed by atoms with van der Waals surface area (Å²) in [6.45, 7) is 2.79. The van der Waals surface area contributed by atoms with Crippen LogP contribution in [0, 0.1) is 0 Å². The van der Waals surface area contributed by atoms with Crippen LogP contribution in [0.5, 0.6) is 0 Å². The number of carbonyl (C=O) groups is 2. The third-order valence-corrected chi connectivity index (χ3v) is 3.01. The summed E-state index contributed by atoms with van der Waals surface area (Å²) >= 11 is 9.00. The van der Waals surface area contributed by atoms with Crippen LogP contribution in [0.3, 0.4) is 0 Å². The molecule has 1 heterocycles. The quantitative estimate of drug-likeness (QED) is 0.658. The molecule has 0 aromatic carbocycles. The summed E-state index contributed by atoms with van der Waals surface area (Å²) in [5.74, 6) is -1.67. The molecule has 0 fully saturated rings. The molecule has 0 bridgehead atoms. The van der Waals surface area contributed by atoms with Crippen LogP contribution in [-0.4, -0.2) is 22.0 Å². The first-order chi connectivity index (χ1) is 8.32. The van der Waals surface area contributed by atoms with Gasteiger partial charge in [-0.15, -0.1) is 0 Å². The van der Waals surface area contributed by atoms with Gasteiger partial charge in [-0.3, -0.25) is 4.79 Å². The fraction of sp³-hybridized carbons (Fsp3) is 0.182. The van der Waals surface area contributed by atoms with Crippen LogP contribution in [-0.2, 0) is 9.59 Å². The molecule has 0 aliphatic heterocycles. The number of rotatable bonds is 3. The van der Waals surface area contributed by atoms with Crippen molar-refractivity contribution in [1.82, 2.24) is 4.98 Å². The predicted octanol–water partition coefficient (Wildman–Crippen LogP) is 2.86. The molecular formula is C11H10BrClN2O3. The minimum absolute atomic E-state index is 0.0217. The van der Waals surface area contributed by atoms with Crippen molar-refractivity contribution < 1.29 is 14.7 Å². The van der Waals surface area contributed by atoms with Crippen molar-refractivity contribution in [2.75, 3.05) is 5.32 Å². The molecule has 0 aliphatic rings. The van der Waals surface area contributed by atoms with Crippen LogP contribution in [0.1, 0.15) is 13.8 Å². The molecule has 0 aliphatic carbocycles. The topological polar surface area (TPSA) is 79.3 Å². The van der Waals surface area contributed by atoms with E-state index in [1.807, 2.05) is 0 Å². The number of hydrogen-bond acceptors (Lipinski definition) is 3. The second-order valence-electron chi connectivity index (χ2n) is 3.50. The maximum Gasteiger partial charge on any atom is 0.331 e. The zero-order chi connectivity index (χ0) is 13.9.